The van der Waals surface area contributed by atoms with Crippen LogP contribution < -0.4 is 13.8 Å². The first-order valence-electron chi connectivity index (χ1n) is 11.7. The van der Waals surface area contributed by atoms with Gasteiger partial charge in [0.05, 0.1) is 10.6 Å². The number of halogens is 2. The third-order valence-corrected chi connectivity index (χ3v) is 8.15. The van der Waals surface area contributed by atoms with Crippen LogP contribution >= 0.6 is 0 Å². The van der Waals surface area contributed by atoms with Gasteiger partial charge in [-0.1, -0.05) is 6.07 Å². The van der Waals surface area contributed by atoms with E-state index in [2.05, 4.69) is 4.90 Å². The van der Waals surface area contributed by atoms with Crippen molar-refractivity contribution < 1.29 is 31.5 Å². The molecule has 1 saturated heterocycles. The molecule has 3 aromatic carbocycles. The lowest BCUT2D eigenvalue weighted by atomic mass is 10.1. The van der Waals surface area contributed by atoms with Crippen molar-refractivity contribution in [2.45, 2.75) is 11.4 Å². The quantitative estimate of drug-likeness (QED) is 0.468. The Morgan fingerprint density at radius 1 is 0.838 bits per heavy atom. The van der Waals surface area contributed by atoms with Gasteiger partial charge in [0.1, 0.15) is 18.2 Å². The molecule has 0 atom stereocenters. The highest BCUT2D eigenvalue weighted by Gasteiger charge is 2.30. The molecule has 0 spiro atoms. The minimum absolute atomic E-state index is 0.139. The predicted molar refractivity (Wildman–Crippen MR) is 132 cm³/mol. The minimum atomic E-state index is -4.21. The Morgan fingerprint density at radius 2 is 1.46 bits per heavy atom. The molecule has 37 heavy (non-hydrogen) atoms. The second kappa shape index (κ2) is 10.3. The van der Waals surface area contributed by atoms with E-state index in [1.165, 1.54) is 12.1 Å². The SMILES string of the molecule is O=C(CN(c1ccc(F)cc1)S(=O)(=O)c1ccc(F)cc1)N1CCN(Cc2ccc3c(c2)OCO3)CC1. The van der Waals surface area contributed by atoms with Crippen molar-refractivity contribution >= 4 is 21.6 Å². The van der Waals surface area contributed by atoms with Gasteiger partial charge < -0.3 is 14.4 Å². The molecule has 2 aliphatic rings. The Labute approximate surface area is 213 Å². The molecule has 0 radical (unpaired) electrons. The van der Waals surface area contributed by atoms with Crippen molar-refractivity contribution in [1.82, 2.24) is 9.80 Å². The van der Waals surface area contributed by atoms with Gasteiger partial charge in [0.25, 0.3) is 10.0 Å². The molecule has 0 aliphatic carbocycles. The topological polar surface area (TPSA) is 79.4 Å². The van der Waals surface area contributed by atoms with Crippen molar-refractivity contribution in [2.24, 2.45) is 0 Å². The number of fused-ring (bicyclic) bond motifs is 1. The number of nitrogens with zero attached hydrogens (tertiary/aromatic N) is 3. The van der Waals surface area contributed by atoms with Crippen molar-refractivity contribution in [3.05, 3.63) is 83.9 Å². The summed E-state index contributed by atoms with van der Waals surface area (Å²) in [7, 11) is -4.21. The number of benzene rings is 3. The molecule has 0 N–H and O–H groups in total. The van der Waals surface area contributed by atoms with Gasteiger partial charge in [-0.3, -0.25) is 14.0 Å². The average molecular weight is 530 g/mol. The van der Waals surface area contributed by atoms with E-state index in [0.29, 0.717) is 32.7 Å². The van der Waals surface area contributed by atoms with Gasteiger partial charge in [0.2, 0.25) is 12.7 Å². The predicted octanol–water partition coefficient (Wildman–Crippen LogP) is 3.23. The lowest BCUT2D eigenvalue weighted by Gasteiger charge is -2.36. The van der Waals surface area contributed by atoms with E-state index >= 15 is 0 Å². The summed E-state index contributed by atoms with van der Waals surface area (Å²) in [6.45, 7) is 2.51. The Bertz CT molecular complexity index is 1380. The highest BCUT2D eigenvalue weighted by atomic mass is 32.2. The van der Waals surface area contributed by atoms with Crippen molar-refractivity contribution in [1.29, 1.82) is 0 Å². The summed E-state index contributed by atoms with van der Waals surface area (Å²) < 4.78 is 65.4. The molecule has 1 fully saturated rings. The standard InChI is InChI=1S/C26H25F2N3O5S/c27-20-2-6-22(7-3-20)31(37(33,34)23-8-4-21(28)5-9-23)17-26(32)30-13-11-29(12-14-30)16-19-1-10-24-25(15-19)36-18-35-24/h1-10,15H,11-14,16-18H2. The molecule has 2 heterocycles. The Balaban J connectivity index is 1.27. The van der Waals surface area contributed by atoms with E-state index in [4.69, 9.17) is 9.47 Å². The first-order valence-corrected chi connectivity index (χ1v) is 13.2. The monoisotopic (exact) mass is 529 g/mol. The zero-order valence-electron chi connectivity index (χ0n) is 19.8. The molecule has 3 aromatic rings. The molecular formula is C26H25F2N3O5S. The molecule has 194 valence electrons. The van der Waals surface area contributed by atoms with Gasteiger partial charge in [0.15, 0.2) is 11.5 Å². The Hall–Kier alpha value is -3.70. The smallest absolute Gasteiger partial charge is 0.264 e. The van der Waals surface area contributed by atoms with E-state index < -0.39 is 28.2 Å². The summed E-state index contributed by atoms with van der Waals surface area (Å²) in [6.07, 6.45) is 0. The number of sulfonamides is 1. The number of carbonyl (C=O) groups excluding carboxylic acids is 1. The highest BCUT2D eigenvalue weighted by Crippen LogP contribution is 2.33. The first-order chi connectivity index (χ1) is 17.8. The zero-order valence-corrected chi connectivity index (χ0v) is 20.7. The largest absolute Gasteiger partial charge is 0.454 e. The average Bonchev–Trinajstić information content (AvgIpc) is 3.36. The molecule has 5 rings (SSSR count). The summed E-state index contributed by atoms with van der Waals surface area (Å²) in [5.41, 5.74) is 1.21. The maximum absolute atomic E-state index is 13.5. The number of anilines is 1. The van der Waals surface area contributed by atoms with Crippen LogP contribution in [0.5, 0.6) is 11.5 Å². The Morgan fingerprint density at radius 3 is 2.14 bits per heavy atom. The summed E-state index contributed by atoms with van der Waals surface area (Å²) in [5.74, 6) is -0.0532. The molecule has 11 heteroatoms. The van der Waals surface area contributed by atoms with Gasteiger partial charge in [-0.15, -0.1) is 0 Å². The third kappa shape index (κ3) is 5.52. The second-order valence-corrected chi connectivity index (χ2v) is 10.6. The van der Waals surface area contributed by atoms with E-state index in [1.54, 1.807) is 4.90 Å². The van der Waals surface area contributed by atoms with E-state index in [1.807, 2.05) is 18.2 Å². The number of hydrogen-bond donors (Lipinski definition) is 0. The summed E-state index contributed by atoms with van der Waals surface area (Å²) in [6, 6.07) is 15.0. The van der Waals surface area contributed by atoms with Crippen LogP contribution in [0.1, 0.15) is 5.56 Å². The van der Waals surface area contributed by atoms with Crippen LogP contribution in [-0.2, 0) is 21.4 Å². The minimum Gasteiger partial charge on any atom is -0.454 e. The summed E-state index contributed by atoms with van der Waals surface area (Å²) >= 11 is 0. The maximum atomic E-state index is 13.5. The van der Waals surface area contributed by atoms with Gasteiger partial charge in [-0.25, -0.2) is 17.2 Å². The molecule has 0 aromatic heterocycles. The van der Waals surface area contributed by atoms with E-state index in [-0.39, 0.29) is 23.3 Å². The number of rotatable bonds is 7. The third-order valence-electron chi connectivity index (χ3n) is 6.36. The van der Waals surface area contributed by atoms with Gasteiger partial charge in [-0.2, -0.15) is 0 Å². The van der Waals surface area contributed by atoms with Crippen LogP contribution in [0.3, 0.4) is 0 Å². The maximum Gasteiger partial charge on any atom is 0.264 e. The molecule has 0 bridgehead atoms. The number of hydrogen-bond acceptors (Lipinski definition) is 6. The fraction of sp³-hybridized carbons (Fsp3) is 0.269. The van der Waals surface area contributed by atoms with Gasteiger partial charge in [0, 0.05) is 32.7 Å². The van der Waals surface area contributed by atoms with Crippen LogP contribution in [0.25, 0.3) is 0 Å². The zero-order chi connectivity index (χ0) is 26.0. The van der Waals surface area contributed by atoms with Gasteiger partial charge >= 0.3 is 0 Å². The summed E-state index contributed by atoms with van der Waals surface area (Å²) in [5, 5.41) is 0. The number of piperazine rings is 1. The Kier molecular flexibility index (Phi) is 6.98. The lowest BCUT2D eigenvalue weighted by Crippen LogP contribution is -2.51. The van der Waals surface area contributed by atoms with Crippen LogP contribution in [0.4, 0.5) is 14.5 Å². The molecule has 8 nitrogen and oxygen atoms in total. The molecule has 1 amide bonds. The molecular weight excluding hydrogens is 504 g/mol. The van der Waals surface area contributed by atoms with Crippen molar-refractivity contribution in [2.75, 3.05) is 43.8 Å². The van der Waals surface area contributed by atoms with E-state index in [0.717, 1.165) is 57.8 Å². The van der Waals surface area contributed by atoms with Gasteiger partial charge in [-0.05, 0) is 66.2 Å². The van der Waals surface area contributed by atoms with Crippen molar-refractivity contribution in [3.63, 3.8) is 0 Å². The second-order valence-electron chi connectivity index (χ2n) is 8.79. The highest BCUT2D eigenvalue weighted by molar-refractivity contribution is 7.92. The number of ether oxygens (including phenoxy) is 2. The van der Waals surface area contributed by atoms with Crippen LogP contribution in [-0.4, -0.2) is 63.6 Å². The molecule has 2 aliphatic heterocycles. The molecule has 0 unspecified atom stereocenters. The fourth-order valence-electron chi connectivity index (χ4n) is 4.33. The number of amides is 1. The fourth-order valence-corrected chi connectivity index (χ4v) is 5.75. The first kappa shape index (κ1) is 25.0. The van der Waals surface area contributed by atoms with Crippen LogP contribution in [0.15, 0.2) is 71.6 Å². The van der Waals surface area contributed by atoms with Crippen molar-refractivity contribution in [3.8, 4) is 11.5 Å². The molecule has 0 saturated carbocycles. The summed E-state index contributed by atoms with van der Waals surface area (Å²) in [4.78, 5) is 16.9. The normalized spacial score (nSPS) is 15.6. The van der Waals surface area contributed by atoms with E-state index in [9.17, 15) is 22.0 Å². The van der Waals surface area contributed by atoms with Crippen LogP contribution in [0, 0.1) is 11.6 Å². The number of carbonyl (C=O) groups is 1. The lowest BCUT2D eigenvalue weighted by molar-refractivity contribution is -0.131. The van der Waals surface area contributed by atoms with Crippen LogP contribution in [0.2, 0.25) is 0 Å².